The first-order valence-corrected chi connectivity index (χ1v) is 11.7. The van der Waals surface area contributed by atoms with Gasteiger partial charge in [0.25, 0.3) is 0 Å². The number of ether oxygens (including phenoxy) is 1. The molecule has 2 aromatic heterocycles. The third-order valence-electron chi connectivity index (χ3n) is 6.21. The molecule has 182 valence electrons. The Balaban J connectivity index is 1.58. The zero-order valence-corrected chi connectivity index (χ0v) is 19.9. The van der Waals surface area contributed by atoms with Crippen LogP contribution in [0.3, 0.4) is 0 Å². The Morgan fingerprint density at radius 3 is 2.60 bits per heavy atom. The number of nitrogens with two attached hydrogens (primary N) is 1. The monoisotopic (exact) mass is 479 g/mol. The van der Waals surface area contributed by atoms with Crippen LogP contribution in [0.2, 0.25) is 0 Å². The van der Waals surface area contributed by atoms with E-state index in [9.17, 15) is 8.78 Å². The molecular weight excluding hydrogens is 452 g/mol. The first-order chi connectivity index (χ1) is 16.8. The van der Waals surface area contributed by atoms with E-state index in [1.807, 2.05) is 25.7 Å². The number of aryl methyl sites for hydroxylation is 2. The SMILES string of the molecule is Cc1nc2nc(N3C[C@H](C)O[C@@H](/C(C=NC4CC4)=C/N)C3)nc(-c3ccc(F)cc3F)c2nc1C. The molecule has 3 aromatic rings. The van der Waals surface area contributed by atoms with E-state index in [0.717, 1.165) is 24.5 Å². The summed E-state index contributed by atoms with van der Waals surface area (Å²) >= 11 is 0. The van der Waals surface area contributed by atoms with Crippen molar-refractivity contribution in [1.82, 2.24) is 19.9 Å². The summed E-state index contributed by atoms with van der Waals surface area (Å²) in [5.41, 5.74) is 9.18. The molecule has 2 N–H and O–H groups in total. The molecule has 10 heteroatoms. The van der Waals surface area contributed by atoms with Crippen LogP contribution in [0.1, 0.15) is 31.2 Å². The van der Waals surface area contributed by atoms with Crippen molar-refractivity contribution in [2.45, 2.75) is 51.9 Å². The van der Waals surface area contributed by atoms with Gasteiger partial charge in [-0.15, -0.1) is 0 Å². The summed E-state index contributed by atoms with van der Waals surface area (Å²) in [6.45, 7) is 6.56. The lowest BCUT2D eigenvalue weighted by atomic mass is 10.1. The fourth-order valence-corrected chi connectivity index (χ4v) is 4.06. The number of anilines is 1. The van der Waals surface area contributed by atoms with E-state index in [4.69, 9.17) is 15.5 Å². The molecule has 8 nitrogen and oxygen atoms in total. The summed E-state index contributed by atoms with van der Waals surface area (Å²) in [6, 6.07) is 3.76. The number of morpholine rings is 1. The quantitative estimate of drug-likeness (QED) is 0.557. The van der Waals surface area contributed by atoms with E-state index in [1.54, 1.807) is 6.21 Å². The van der Waals surface area contributed by atoms with Crippen molar-refractivity contribution >= 4 is 23.3 Å². The highest BCUT2D eigenvalue weighted by atomic mass is 19.1. The highest BCUT2D eigenvalue weighted by molar-refractivity contribution is 5.88. The van der Waals surface area contributed by atoms with Crippen molar-refractivity contribution < 1.29 is 13.5 Å². The van der Waals surface area contributed by atoms with Gasteiger partial charge in [-0.25, -0.2) is 23.7 Å². The molecule has 3 heterocycles. The van der Waals surface area contributed by atoms with Crippen LogP contribution in [-0.4, -0.2) is 57.5 Å². The molecule has 0 spiro atoms. The van der Waals surface area contributed by atoms with Gasteiger partial charge in [-0.2, -0.15) is 4.98 Å². The van der Waals surface area contributed by atoms with Crippen LogP contribution >= 0.6 is 0 Å². The minimum atomic E-state index is -0.728. The van der Waals surface area contributed by atoms with Gasteiger partial charge in [0.1, 0.15) is 28.9 Å². The van der Waals surface area contributed by atoms with Crippen LogP contribution in [-0.2, 0) is 4.74 Å². The Bertz CT molecular complexity index is 1340. The van der Waals surface area contributed by atoms with Crippen LogP contribution in [0.5, 0.6) is 0 Å². The predicted octanol–water partition coefficient (Wildman–Crippen LogP) is 3.65. The summed E-state index contributed by atoms with van der Waals surface area (Å²) < 4.78 is 34.6. The van der Waals surface area contributed by atoms with Gasteiger partial charge in [0, 0.05) is 36.2 Å². The van der Waals surface area contributed by atoms with Gasteiger partial charge in [-0.3, -0.25) is 4.99 Å². The fraction of sp³-hybridized carbons (Fsp3) is 0.400. The highest BCUT2D eigenvalue weighted by Crippen LogP contribution is 2.31. The minimum absolute atomic E-state index is 0.134. The Morgan fingerprint density at radius 2 is 1.89 bits per heavy atom. The van der Waals surface area contributed by atoms with Crippen LogP contribution in [0, 0.1) is 25.5 Å². The number of hydrogen-bond donors (Lipinski definition) is 1. The van der Waals surface area contributed by atoms with E-state index in [0.29, 0.717) is 47.6 Å². The van der Waals surface area contributed by atoms with Gasteiger partial charge in [-0.05, 0) is 45.7 Å². The molecule has 0 bridgehead atoms. The smallest absolute Gasteiger partial charge is 0.228 e. The van der Waals surface area contributed by atoms with Crippen molar-refractivity contribution in [1.29, 1.82) is 0 Å². The van der Waals surface area contributed by atoms with Crippen molar-refractivity contribution in [2.75, 3.05) is 18.0 Å². The summed E-state index contributed by atoms with van der Waals surface area (Å²) in [7, 11) is 0. The third-order valence-corrected chi connectivity index (χ3v) is 6.21. The van der Waals surface area contributed by atoms with Gasteiger partial charge < -0.3 is 15.4 Å². The number of nitrogens with zero attached hydrogens (tertiary/aromatic N) is 6. The van der Waals surface area contributed by atoms with Crippen LogP contribution < -0.4 is 10.6 Å². The van der Waals surface area contributed by atoms with Gasteiger partial charge in [-0.1, -0.05) is 0 Å². The molecule has 2 fully saturated rings. The maximum atomic E-state index is 14.8. The number of rotatable bonds is 5. The Kier molecular flexibility index (Phi) is 6.14. The number of halogens is 2. The topological polar surface area (TPSA) is 102 Å². The van der Waals surface area contributed by atoms with Crippen molar-refractivity contribution in [3.8, 4) is 11.3 Å². The summed E-state index contributed by atoms with van der Waals surface area (Å²) in [5.74, 6) is -1.03. The normalized spacial score (nSPS) is 21.3. The maximum Gasteiger partial charge on any atom is 0.228 e. The van der Waals surface area contributed by atoms with Crippen molar-refractivity contribution in [3.63, 3.8) is 0 Å². The first kappa shape index (κ1) is 23.2. The van der Waals surface area contributed by atoms with Crippen molar-refractivity contribution in [2.24, 2.45) is 10.7 Å². The zero-order chi connectivity index (χ0) is 24.7. The molecule has 5 rings (SSSR count). The average molecular weight is 480 g/mol. The molecule has 1 aliphatic heterocycles. The second-order valence-corrected chi connectivity index (χ2v) is 9.08. The van der Waals surface area contributed by atoms with E-state index < -0.39 is 11.6 Å². The van der Waals surface area contributed by atoms with Gasteiger partial charge in [0.2, 0.25) is 5.95 Å². The number of benzene rings is 1. The largest absolute Gasteiger partial charge is 0.404 e. The molecule has 1 aromatic carbocycles. The number of hydrogen-bond acceptors (Lipinski definition) is 8. The Hall–Kier alpha value is -3.53. The lowest BCUT2D eigenvalue weighted by Gasteiger charge is -2.37. The van der Waals surface area contributed by atoms with Crippen LogP contribution in [0.25, 0.3) is 22.4 Å². The minimum Gasteiger partial charge on any atom is -0.404 e. The second kappa shape index (κ2) is 9.26. The molecule has 35 heavy (non-hydrogen) atoms. The summed E-state index contributed by atoms with van der Waals surface area (Å²) in [5, 5.41) is 0. The molecule has 2 atom stereocenters. The van der Waals surface area contributed by atoms with Crippen LogP contribution in [0.4, 0.5) is 14.7 Å². The predicted molar refractivity (Wildman–Crippen MR) is 130 cm³/mol. The fourth-order valence-electron chi connectivity index (χ4n) is 4.06. The Labute approximate surface area is 202 Å². The van der Waals surface area contributed by atoms with Gasteiger partial charge in [0.15, 0.2) is 5.65 Å². The zero-order valence-electron chi connectivity index (χ0n) is 19.9. The molecule has 0 radical (unpaired) electrons. The molecular formula is C25H27F2N7O. The van der Waals surface area contributed by atoms with Gasteiger partial charge in [0.05, 0.1) is 30.1 Å². The molecule has 1 saturated carbocycles. The van der Waals surface area contributed by atoms with E-state index in [-0.39, 0.29) is 23.5 Å². The summed E-state index contributed by atoms with van der Waals surface area (Å²) in [6.07, 6.45) is 5.02. The van der Waals surface area contributed by atoms with E-state index >= 15 is 0 Å². The van der Waals surface area contributed by atoms with Crippen LogP contribution in [0.15, 0.2) is 35.0 Å². The number of aliphatic imine (C=N–C) groups is 1. The standard InChI is InChI=1S/C25H27F2N7O/c1-13-11-34(12-21(35-13)16(9-28)10-29-18-5-6-18)25-32-22(19-7-4-17(26)8-20(19)27)23-24(33-25)31-15(3)14(2)30-23/h4,7-10,13,18,21H,5-6,11-12,28H2,1-3H3/b16-9+,29-10?/t13-,21+/m0/s1. The van der Waals surface area contributed by atoms with Crippen molar-refractivity contribution in [3.05, 3.63) is 53.0 Å². The van der Waals surface area contributed by atoms with Gasteiger partial charge >= 0.3 is 0 Å². The third kappa shape index (κ3) is 4.84. The number of aromatic nitrogens is 4. The molecule has 1 saturated heterocycles. The Morgan fingerprint density at radius 1 is 1.11 bits per heavy atom. The lowest BCUT2D eigenvalue weighted by molar-refractivity contribution is 0.00666. The second-order valence-electron chi connectivity index (χ2n) is 9.08. The molecule has 0 unspecified atom stereocenters. The maximum absolute atomic E-state index is 14.8. The molecule has 2 aliphatic rings. The van der Waals surface area contributed by atoms with E-state index in [1.165, 1.54) is 18.3 Å². The molecule has 0 amide bonds. The highest BCUT2D eigenvalue weighted by Gasteiger charge is 2.30. The molecule has 1 aliphatic carbocycles. The number of fused-ring (bicyclic) bond motifs is 1. The lowest BCUT2D eigenvalue weighted by Crippen LogP contribution is -2.48. The average Bonchev–Trinajstić information content (AvgIpc) is 3.64. The first-order valence-electron chi connectivity index (χ1n) is 11.7. The van der Waals surface area contributed by atoms with E-state index in [2.05, 4.69) is 19.9 Å². The summed E-state index contributed by atoms with van der Waals surface area (Å²) in [4.78, 5) is 25.1.